The van der Waals surface area contributed by atoms with E-state index in [1.165, 1.54) is 46.8 Å². The van der Waals surface area contributed by atoms with Crippen LogP contribution in [0.3, 0.4) is 0 Å². The highest BCUT2D eigenvalue weighted by molar-refractivity contribution is 5.98. The fourth-order valence-corrected chi connectivity index (χ4v) is 3.33. The van der Waals surface area contributed by atoms with Gasteiger partial charge in [0.05, 0.1) is 21.3 Å². The quantitative estimate of drug-likeness (QED) is 0.584. The second kappa shape index (κ2) is 11.3. The zero-order valence-electron chi connectivity index (χ0n) is 17.9. The Labute approximate surface area is 176 Å². The highest BCUT2D eigenvalue weighted by atomic mass is 16.5. The van der Waals surface area contributed by atoms with Gasteiger partial charge in [-0.2, -0.15) is 0 Å². The standard InChI is InChI=1S/C21H30N2O7/c1-13(21(26)30-12-18(24)23-15-8-6-5-7-9-15)22-20(25)14-10-16(27-2)19(29-4)17(11-14)28-3/h10-11,13,15H,5-9,12H2,1-4H3,(H,22,25)(H,23,24)/t13-/m0/s1. The Morgan fingerprint density at radius 2 is 1.60 bits per heavy atom. The van der Waals surface area contributed by atoms with Crippen LogP contribution in [0, 0.1) is 0 Å². The topological polar surface area (TPSA) is 112 Å². The van der Waals surface area contributed by atoms with Crippen molar-refractivity contribution in [1.29, 1.82) is 0 Å². The average Bonchev–Trinajstić information content (AvgIpc) is 2.76. The number of amides is 2. The highest BCUT2D eigenvalue weighted by Gasteiger charge is 2.23. The molecule has 9 heteroatoms. The Bertz CT molecular complexity index is 735. The molecule has 0 saturated heterocycles. The lowest BCUT2D eigenvalue weighted by Crippen LogP contribution is -2.42. The third kappa shape index (κ3) is 6.27. The van der Waals surface area contributed by atoms with Gasteiger partial charge in [0.25, 0.3) is 11.8 Å². The van der Waals surface area contributed by atoms with E-state index in [-0.39, 0.29) is 24.1 Å². The number of esters is 1. The van der Waals surface area contributed by atoms with Crippen molar-refractivity contribution >= 4 is 17.8 Å². The number of hydrogen-bond donors (Lipinski definition) is 2. The summed E-state index contributed by atoms with van der Waals surface area (Å²) in [5.74, 6) is -0.570. The summed E-state index contributed by atoms with van der Waals surface area (Å²) in [5.41, 5.74) is 0.221. The zero-order chi connectivity index (χ0) is 22.1. The van der Waals surface area contributed by atoms with Gasteiger partial charge in [0.1, 0.15) is 6.04 Å². The number of carbonyl (C=O) groups excluding carboxylic acids is 3. The lowest BCUT2D eigenvalue weighted by atomic mass is 9.95. The highest BCUT2D eigenvalue weighted by Crippen LogP contribution is 2.38. The number of rotatable bonds is 9. The number of benzene rings is 1. The molecular formula is C21H30N2O7. The van der Waals surface area contributed by atoms with Crippen LogP contribution >= 0.6 is 0 Å². The monoisotopic (exact) mass is 422 g/mol. The molecule has 1 atom stereocenters. The van der Waals surface area contributed by atoms with Crippen molar-refractivity contribution in [2.45, 2.75) is 51.1 Å². The first-order valence-corrected chi connectivity index (χ1v) is 9.96. The molecule has 0 bridgehead atoms. The van der Waals surface area contributed by atoms with Crippen molar-refractivity contribution in [2.75, 3.05) is 27.9 Å². The fraction of sp³-hybridized carbons (Fsp3) is 0.571. The number of carbonyl (C=O) groups is 3. The van der Waals surface area contributed by atoms with E-state index in [0.29, 0.717) is 17.2 Å². The van der Waals surface area contributed by atoms with Gasteiger partial charge in [-0.3, -0.25) is 9.59 Å². The van der Waals surface area contributed by atoms with Gasteiger partial charge in [-0.25, -0.2) is 4.79 Å². The summed E-state index contributed by atoms with van der Waals surface area (Å²) in [7, 11) is 4.34. The normalized spacial score (nSPS) is 14.9. The van der Waals surface area contributed by atoms with Crippen LogP contribution in [0.5, 0.6) is 17.2 Å². The number of ether oxygens (including phenoxy) is 4. The van der Waals surface area contributed by atoms with Gasteiger partial charge in [-0.1, -0.05) is 19.3 Å². The number of hydrogen-bond acceptors (Lipinski definition) is 7. The first kappa shape index (κ1) is 23.3. The van der Waals surface area contributed by atoms with Crippen LogP contribution in [-0.4, -0.2) is 57.8 Å². The summed E-state index contributed by atoms with van der Waals surface area (Å²) in [6.45, 7) is 1.11. The molecule has 1 aliphatic rings. The van der Waals surface area contributed by atoms with E-state index in [1.54, 1.807) is 0 Å². The predicted molar refractivity (Wildman–Crippen MR) is 109 cm³/mol. The molecule has 9 nitrogen and oxygen atoms in total. The lowest BCUT2D eigenvalue weighted by Gasteiger charge is -2.22. The van der Waals surface area contributed by atoms with Crippen molar-refractivity contribution in [1.82, 2.24) is 10.6 Å². The van der Waals surface area contributed by atoms with E-state index < -0.39 is 17.9 Å². The van der Waals surface area contributed by atoms with Crippen LogP contribution in [0.2, 0.25) is 0 Å². The third-order valence-corrected chi connectivity index (χ3v) is 4.94. The summed E-state index contributed by atoms with van der Waals surface area (Å²) in [6, 6.07) is 2.15. The summed E-state index contributed by atoms with van der Waals surface area (Å²) in [6.07, 6.45) is 5.26. The van der Waals surface area contributed by atoms with E-state index in [0.717, 1.165) is 25.7 Å². The van der Waals surface area contributed by atoms with Crippen LogP contribution < -0.4 is 24.8 Å². The molecule has 0 unspecified atom stereocenters. The molecule has 166 valence electrons. The van der Waals surface area contributed by atoms with Crippen LogP contribution in [0.1, 0.15) is 49.4 Å². The minimum atomic E-state index is -0.945. The van der Waals surface area contributed by atoms with Gasteiger partial charge >= 0.3 is 5.97 Å². The van der Waals surface area contributed by atoms with Crippen LogP contribution in [-0.2, 0) is 14.3 Å². The van der Waals surface area contributed by atoms with Crippen molar-refractivity contribution < 1.29 is 33.3 Å². The molecule has 1 aliphatic carbocycles. The Balaban J connectivity index is 1.90. The van der Waals surface area contributed by atoms with Gasteiger partial charge < -0.3 is 29.6 Å². The van der Waals surface area contributed by atoms with Crippen molar-refractivity contribution in [3.8, 4) is 17.2 Å². The largest absolute Gasteiger partial charge is 0.493 e. The fourth-order valence-electron chi connectivity index (χ4n) is 3.33. The third-order valence-electron chi connectivity index (χ3n) is 4.94. The molecular weight excluding hydrogens is 392 g/mol. The van der Waals surface area contributed by atoms with Crippen LogP contribution in [0.4, 0.5) is 0 Å². The maximum absolute atomic E-state index is 12.5. The first-order chi connectivity index (χ1) is 14.4. The summed E-state index contributed by atoms with van der Waals surface area (Å²) >= 11 is 0. The van der Waals surface area contributed by atoms with Gasteiger partial charge in [-0.05, 0) is 31.9 Å². The van der Waals surface area contributed by atoms with Gasteiger partial charge in [0.2, 0.25) is 5.75 Å². The molecule has 1 aromatic rings. The summed E-state index contributed by atoms with van der Waals surface area (Å²) in [4.78, 5) is 36.7. The first-order valence-electron chi connectivity index (χ1n) is 9.96. The van der Waals surface area contributed by atoms with Gasteiger partial charge in [-0.15, -0.1) is 0 Å². The Hall–Kier alpha value is -2.97. The second-order valence-electron chi connectivity index (χ2n) is 7.12. The van der Waals surface area contributed by atoms with E-state index in [4.69, 9.17) is 18.9 Å². The molecule has 1 saturated carbocycles. The molecule has 1 fully saturated rings. The second-order valence-corrected chi connectivity index (χ2v) is 7.12. The van der Waals surface area contributed by atoms with Crippen molar-refractivity contribution in [3.63, 3.8) is 0 Å². The van der Waals surface area contributed by atoms with E-state index in [2.05, 4.69) is 10.6 Å². The van der Waals surface area contributed by atoms with Gasteiger partial charge in [0.15, 0.2) is 18.1 Å². The van der Waals surface area contributed by atoms with E-state index in [9.17, 15) is 14.4 Å². The molecule has 30 heavy (non-hydrogen) atoms. The molecule has 0 heterocycles. The Morgan fingerprint density at radius 1 is 1.00 bits per heavy atom. The molecule has 1 aromatic carbocycles. The zero-order valence-corrected chi connectivity index (χ0v) is 17.9. The molecule has 2 rings (SSSR count). The molecule has 0 aliphatic heterocycles. The van der Waals surface area contributed by atoms with Crippen LogP contribution in [0.25, 0.3) is 0 Å². The number of methoxy groups -OCH3 is 3. The van der Waals surface area contributed by atoms with Crippen molar-refractivity contribution in [2.24, 2.45) is 0 Å². The molecule has 2 amide bonds. The minimum Gasteiger partial charge on any atom is -0.493 e. The molecule has 2 N–H and O–H groups in total. The summed E-state index contributed by atoms with van der Waals surface area (Å²) in [5, 5.41) is 5.42. The molecule has 0 radical (unpaired) electrons. The molecule has 0 spiro atoms. The minimum absolute atomic E-state index is 0.141. The van der Waals surface area contributed by atoms with Gasteiger partial charge in [0, 0.05) is 11.6 Å². The average molecular weight is 422 g/mol. The maximum atomic E-state index is 12.5. The predicted octanol–water partition coefficient (Wildman–Crippen LogP) is 1.82. The molecule has 0 aromatic heterocycles. The Kier molecular flexibility index (Phi) is 8.76. The van der Waals surface area contributed by atoms with Crippen molar-refractivity contribution in [3.05, 3.63) is 17.7 Å². The van der Waals surface area contributed by atoms with Crippen LogP contribution in [0.15, 0.2) is 12.1 Å². The summed E-state index contributed by atoms with van der Waals surface area (Å²) < 4.78 is 20.7. The maximum Gasteiger partial charge on any atom is 0.328 e. The SMILES string of the molecule is COc1cc(C(=O)N[C@@H](C)C(=O)OCC(=O)NC2CCCCC2)cc(OC)c1OC. The Morgan fingerprint density at radius 3 is 2.13 bits per heavy atom. The van der Waals surface area contributed by atoms with E-state index in [1.807, 2.05) is 0 Å². The van der Waals surface area contributed by atoms with E-state index >= 15 is 0 Å². The smallest absolute Gasteiger partial charge is 0.328 e. The lowest BCUT2D eigenvalue weighted by molar-refractivity contribution is -0.150. The number of nitrogens with one attached hydrogen (secondary N) is 2.